The smallest absolute Gasteiger partial charge is 0.173 e. The molecule has 0 saturated heterocycles. The molecule has 1 aromatic heterocycles. The van der Waals surface area contributed by atoms with E-state index in [1.807, 2.05) is 27.7 Å². The number of ketones is 1. The van der Waals surface area contributed by atoms with Gasteiger partial charge in [0, 0.05) is 17.0 Å². The SMILES string of the molecule is Cc1nc(C)c(C(=O)C(C)(C)C(C)O)c(C)c1C. The van der Waals surface area contributed by atoms with Crippen molar-refractivity contribution in [3.8, 4) is 0 Å². The number of aliphatic hydroxyl groups is 1. The lowest BCUT2D eigenvalue weighted by atomic mass is 9.78. The Labute approximate surface area is 109 Å². The van der Waals surface area contributed by atoms with Crippen LogP contribution in [0.3, 0.4) is 0 Å². The van der Waals surface area contributed by atoms with Crippen molar-refractivity contribution in [2.75, 3.05) is 0 Å². The van der Waals surface area contributed by atoms with Crippen molar-refractivity contribution >= 4 is 5.78 Å². The first-order valence-corrected chi connectivity index (χ1v) is 6.28. The molecule has 0 aliphatic heterocycles. The molecule has 0 aliphatic carbocycles. The van der Waals surface area contributed by atoms with Crippen molar-refractivity contribution in [1.82, 2.24) is 4.98 Å². The molecule has 18 heavy (non-hydrogen) atoms. The van der Waals surface area contributed by atoms with Crippen LogP contribution in [0.25, 0.3) is 0 Å². The molecule has 0 amide bonds. The topological polar surface area (TPSA) is 50.2 Å². The summed E-state index contributed by atoms with van der Waals surface area (Å²) in [4.78, 5) is 17.0. The highest BCUT2D eigenvalue weighted by Crippen LogP contribution is 2.30. The van der Waals surface area contributed by atoms with E-state index in [9.17, 15) is 9.90 Å². The minimum absolute atomic E-state index is 0.0388. The Morgan fingerprint density at radius 3 is 2.06 bits per heavy atom. The number of nitrogens with zero attached hydrogens (tertiary/aromatic N) is 1. The number of pyridine rings is 1. The van der Waals surface area contributed by atoms with Crippen molar-refractivity contribution in [3.63, 3.8) is 0 Å². The Bertz CT molecular complexity index is 488. The summed E-state index contributed by atoms with van der Waals surface area (Å²) in [6.45, 7) is 12.9. The molecule has 0 bridgehead atoms. The third kappa shape index (κ3) is 2.32. The normalized spacial score (nSPS) is 13.6. The van der Waals surface area contributed by atoms with E-state index in [-0.39, 0.29) is 5.78 Å². The van der Waals surface area contributed by atoms with E-state index in [1.165, 1.54) is 0 Å². The maximum absolute atomic E-state index is 12.6. The van der Waals surface area contributed by atoms with Gasteiger partial charge in [-0.2, -0.15) is 0 Å². The van der Waals surface area contributed by atoms with Crippen LogP contribution in [0.2, 0.25) is 0 Å². The van der Waals surface area contributed by atoms with Gasteiger partial charge in [-0.05, 0) is 45.7 Å². The van der Waals surface area contributed by atoms with Gasteiger partial charge >= 0.3 is 0 Å². The molecule has 3 heteroatoms. The van der Waals surface area contributed by atoms with E-state index >= 15 is 0 Å². The molecule has 1 rings (SSSR count). The van der Waals surface area contributed by atoms with Gasteiger partial charge in [0.25, 0.3) is 0 Å². The fourth-order valence-corrected chi connectivity index (χ4v) is 1.97. The number of aliphatic hydroxyl groups excluding tert-OH is 1. The van der Waals surface area contributed by atoms with Crippen LogP contribution in [0.1, 0.15) is 53.6 Å². The summed E-state index contributed by atoms with van der Waals surface area (Å²) in [5, 5.41) is 9.78. The number of hydrogen-bond donors (Lipinski definition) is 1. The zero-order chi connectivity index (χ0) is 14.2. The second kappa shape index (κ2) is 4.81. The van der Waals surface area contributed by atoms with Gasteiger partial charge in [-0.15, -0.1) is 0 Å². The van der Waals surface area contributed by atoms with E-state index < -0.39 is 11.5 Å². The number of aromatic nitrogens is 1. The van der Waals surface area contributed by atoms with Gasteiger partial charge < -0.3 is 5.11 Å². The summed E-state index contributed by atoms with van der Waals surface area (Å²) in [7, 11) is 0. The lowest BCUT2D eigenvalue weighted by Crippen LogP contribution is -2.36. The minimum Gasteiger partial charge on any atom is -0.392 e. The second-order valence-corrected chi connectivity index (χ2v) is 5.63. The van der Waals surface area contributed by atoms with Crippen LogP contribution in [0.4, 0.5) is 0 Å². The highest BCUT2D eigenvalue weighted by Gasteiger charge is 2.35. The Hall–Kier alpha value is -1.22. The fraction of sp³-hybridized carbons (Fsp3) is 0.600. The minimum atomic E-state index is -0.793. The van der Waals surface area contributed by atoms with Crippen molar-refractivity contribution in [3.05, 3.63) is 28.1 Å². The van der Waals surface area contributed by atoms with Gasteiger partial charge in [-0.3, -0.25) is 9.78 Å². The summed E-state index contributed by atoms with van der Waals surface area (Å²) < 4.78 is 0. The fourth-order valence-electron chi connectivity index (χ4n) is 1.97. The van der Waals surface area contributed by atoms with Gasteiger partial charge in [0.15, 0.2) is 5.78 Å². The largest absolute Gasteiger partial charge is 0.392 e. The van der Waals surface area contributed by atoms with Crippen LogP contribution in [0.5, 0.6) is 0 Å². The molecule has 1 unspecified atom stereocenters. The molecular weight excluding hydrogens is 226 g/mol. The van der Waals surface area contributed by atoms with Gasteiger partial charge in [-0.25, -0.2) is 0 Å². The number of rotatable bonds is 3. The van der Waals surface area contributed by atoms with Gasteiger partial charge in [0.2, 0.25) is 0 Å². The summed E-state index contributed by atoms with van der Waals surface area (Å²) in [5.41, 5.74) is 3.58. The average molecular weight is 249 g/mol. The Morgan fingerprint density at radius 2 is 1.61 bits per heavy atom. The molecule has 0 aromatic carbocycles. The average Bonchev–Trinajstić information content (AvgIpc) is 2.25. The first-order valence-electron chi connectivity index (χ1n) is 6.28. The quantitative estimate of drug-likeness (QED) is 0.838. The van der Waals surface area contributed by atoms with E-state index in [1.54, 1.807) is 20.8 Å². The Balaban J connectivity index is 3.44. The molecule has 0 saturated carbocycles. The highest BCUT2D eigenvalue weighted by molar-refractivity contribution is 6.02. The molecule has 1 heterocycles. The molecule has 3 nitrogen and oxygen atoms in total. The van der Waals surface area contributed by atoms with Crippen LogP contribution < -0.4 is 0 Å². The first kappa shape index (κ1) is 14.8. The zero-order valence-electron chi connectivity index (χ0n) is 12.4. The van der Waals surface area contributed by atoms with E-state index in [0.717, 1.165) is 22.5 Å². The van der Waals surface area contributed by atoms with Crippen LogP contribution >= 0.6 is 0 Å². The molecule has 1 aromatic rings. The maximum atomic E-state index is 12.6. The van der Waals surface area contributed by atoms with E-state index in [2.05, 4.69) is 4.98 Å². The van der Waals surface area contributed by atoms with Gasteiger partial charge in [-0.1, -0.05) is 13.8 Å². The van der Waals surface area contributed by atoms with E-state index in [0.29, 0.717) is 5.56 Å². The predicted octanol–water partition coefficient (Wildman–Crippen LogP) is 2.90. The third-order valence-electron chi connectivity index (χ3n) is 4.03. The molecule has 1 N–H and O–H groups in total. The van der Waals surface area contributed by atoms with Crippen molar-refractivity contribution in [1.29, 1.82) is 0 Å². The van der Waals surface area contributed by atoms with Crippen LogP contribution in [0, 0.1) is 33.1 Å². The molecule has 0 radical (unpaired) electrons. The summed E-state index contributed by atoms with van der Waals surface area (Å²) in [6.07, 6.45) is -0.689. The molecular formula is C15H23NO2. The molecule has 100 valence electrons. The second-order valence-electron chi connectivity index (χ2n) is 5.63. The highest BCUT2D eigenvalue weighted by atomic mass is 16.3. The van der Waals surface area contributed by atoms with Crippen LogP contribution in [0.15, 0.2) is 0 Å². The standard InChI is InChI=1S/C15H23NO2/c1-8-9(2)13(11(4)16-10(8)3)14(18)15(6,7)12(5)17/h12,17H,1-7H3. The van der Waals surface area contributed by atoms with Gasteiger partial charge in [0.05, 0.1) is 11.5 Å². The lowest BCUT2D eigenvalue weighted by molar-refractivity contribution is 0.0471. The van der Waals surface area contributed by atoms with Crippen LogP contribution in [-0.2, 0) is 0 Å². The lowest BCUT2D eigenvalue weighted by Gasteiger charge is -2.28. The van der Waals surface area contributed by atoms with Crippen molar-refractivity contribution in [2.45, 2.75) is 54.6 Å². The number of carbonyl (C=O) groups excluding carboxylic acids is 1. The Morgan fingerprint density at radius 1 is 1.11 bits per heavy atom. The Kier molecular flexibility index (Phi) is 3.96. The number of hydrogen-bond acceptors (Lipinski definition) is 3. The molecule has 0 aliphatic rings. The molecule has 0 fully saturated rings. The number of Topliss-reactive ketones (excluding diaryl/α,β-unsaturated/α-hetero) is 1. The molecule has 1 atom stereocenters. The van der Waals surface area contributed by atoms with E-state index in [4.69, 9.17) is 0 Å². The van der Waals surface area contributed by atoms with Crippen LogP contribution in [-0.4, -0.2) is 22.0 Å². The maximum Gasteiger partial charge on any atom is 0.173 e. The summed E-state index contributed by atoms with van der Waals surface area (Å²) in [5.74, 6) is -0.0388. The first-order chi connectivity index (χ1) is 8.10. The van der Waals surface area contributed by atoms with Gasteiger partial charge in [0.1, 0.15) is 0 Å². The van der Waals surface area contributed by atoms with Crippen molar-refractivity contribution in [2.24, 2.45) is 5.41 Å². The number of aryl methyl sites for hydroxylation is 2. The summed E-state index contributed by atoms with van der Waals surface area (Å²) >= 11 is 0. The monoisotopic (exact) mass is 249 g/mol. The number of carbonyl (C=O) groups is 1. The summed E-state index contributed by atoms with van der Waals surface area (Å²) in [6, 6.07) is 0. The third-order valence-corrected chi connectivity index (χ3v) is 4.03. The molecule has 0 spiro atoms. The predicted molar refractivity (Wildman–Crippen MR) is 73.0 cm³/mol. The zero-order valence-corrected chi connectivity index (χ0v) is 12.4. The van der Waals surface area contributed by atoms with Crippen molar-refractivity contribution < 1.29 is 9.90 Å².